The average molecular weight is 558 g/mol. The highest BCUT2D eigenvalue weighted by molar-refractivity contribution is 9.10. The lowest BCUT2D eigenvalue weighted by Crippen LogP contribution is -2.50. The summed E-state index contributed by atoms with van der Waals surface area (Å²) in [5.41, 5.74) is 2.62. The van der Waals surface area contributed by atoms with Gasteiger partial charge >= 0.3 is 0 Å². The topological polar surface area (TPSA) is 58.6 Å². The number of ether oxygens (including phenoxy) is 1. The van der Waals surface area contributed by atoms with Crippen LogP contribution in [0.15, 0.2) is 34.8 Å². The molecule has 0 saturated heterocycles. The molecule has 0 radical (unpaired) electrons. The van der Waals surface area contributed by atoms with E-state index in [0.717, 1.165) is 15.6 Å². The van der Waals surface area contributed by atoms with E-state index >= 15 is 0 Å². The Kier molecular flexibility index (Phi) is 10.5. The van der Waals surface area contributed by atoms with Crippen LogP contribution in [0.1, 0.15) is 43.9 Å². The molecule has 33 heavy (non-hydrogen) atoms. The van der Waals surface area contributed by atoms with Crippen molar-refractivity contribution in [3.8, 4) is 5.75 Å². The van der Waals surface area contributed by atoms with Crippen molar-refractivity contribution in [2.24, 2.45) is 5.92 Å². The summed E-state index contributed by atoms with van der Waals surface area (Å²) in [5.74, 6) is 0.351. The van der Waals surface area contributed by atoms with Gasteiger partial charge in [0.15, 0.2) is 6.61 Å². The molecule has 0 aliphatic carbocycles. The Balaban J connectivity index is 2.30. The Labute approximate surface area is 214 Å². The third-order valence-corrected chi connectivity index (χ3v) is 7.19. The molecule has 2 rings (SSSR count). The summed E-state index contributed by atoms with van der Waals surface area (Å²) < 4.78 is 6.83. The summed E-state index contributed by atoms with van der Waals surface area (Å²) in [6.07, 6.45) is 0.439. The molecule has 8 heteroatoms. The minimum absolute atomic E-state index is 0.104. The van der Waals surface area contributed by atoms with Crippen LogP contribution in [0.5, 0.6) is 5.75 Å². The predicted octanol–water partition coefficient (Wildman–Crippen LogP) is 6.33. The van der Waals surface area contributed by atoms with Gasteiger partial charge in [-0.05, 0) is 61.6 Å². The van der Waals surface area contributed by atoms with Crippen molar-refractivity contribution in [1.29, 1.82) is 0 Å². The molecule has 0 heterocycles. The lowest BCUT2D eigenvalue weighted by Gasteiger charge is -2.31. The van der Waals surface area contributed by atoms with Gasteiger partial charge in [-0.3, -0.25) is 9.59 Å². The quantitative estimate of drug-likeness (QED) is 0.371. The molecule has 2 aromatic rings. The zero-order chi connectivity index (χ0) is 24.7. The van der Waals surface area contributed by atoms with Crippen LogP contribution >= 0.6 is 39.1 Å². The summed E-state index contributed by atoms with van der Waals surface area (Å²) in [4.78, 5) is 27.8. The van der Waals surface area contributed by atoms with Crippen molar-refractivity contribution in [2.75, 3.05) is 13.2 Å². The number of hydrogen-bond donors (Lipinski definition) is 1. The van der Waals surface area contributed by atoms with Crippen LogP contribution in [0.2, 0.25) is 10.0 Å². The first kappa shape index (κ1) is 27.5. The van der Waals surface area contributed by atoms with Crippen LogP contribution in [-0.2, 0) is 16.1 Å². The predicted molar refractivity (Wildman–Crippen MR) is 138 cm³/mol. The molecule has 0 spiro atoms. The molecule has 5 nitrogen and oxygen atoms in total. The van der Waals surface area contributed by atoms with Crippen LogP contribution < -0.4 is 10.1 Å². The highest BCUT2D eigenvalue weighted by atomic mass is 79.9. The van der Waals surface area contributed by atoms with E-state index in [-0.39, 0.29) is 25.0 Å². The SMILES string of the molecule is CC[C@@H](C(=O)NCC(C)C)N(Cc1c(Cl)cccc1Cl)C(=O)COc1cc(C)c(Br)c(C)c1. The summed E-state index contributed by atoms with van der Waals surface area (Å²) >= 11 is 16.3. The van der Waals surface area contributed by atoms with E-state index in [2.05, 4.69) is 21.2 Å². The van der Waals surface area contributed by atoms with Gasteiger partial charge < -0.3 is 15.0 Å². The molecule has 1 atom stereocenters. The van der Waals surface area contributed by atoms with Gasteiger partial charge in [0, 0.05) is 33.2 Å². The number of hydrogen-bond acceptors (Lipinski definition) is 3. The normalized spacial score (nSPS) is 11.9. The molecule has 180 valence electrons. The van der Waals surface area contributed by atoms with E-state index in [1.165, 1.54) is 4.90 Å². The first-order chi connectivity index (χ1) is 15.5. The van der Waals surface area contributed by atoms with E-state index in [1.807, 2.05) is 46.8 Å². The second kappa shape index (κ2) is 12.6. The van der Waals surface area contributed by atoms with Crippen molar-refractivity contribution < 1.29 is 14.3 Å². The minimum atomic E-state index is -0.680. The molecule has 0 aliphatic heterocycles. The van der Waals surface area contributed by atoms with Crippen molar-refractivity contribution >= 4 is 50.9 Å². The van der Waals surface area contributed by atoms with Crippen LogP contribution in [0, 0.1) is 19.8 Å². The molecule has 2 aromatic carbocycles. The third-order valence-electron chi connectivity index (χ3n) is 5.23. The van der Waals surface area contributed by atoms with Crippen molar-refractivity contribution in [3.63, 3.8) is 0 Å². The Hall–Kier alpha value is -1.76. The van der Waals surface area contributed by atoms with Gasteiger partial charge in [0.05, 0.1) is 0 Å². The molecule has 0 aliphatic rings. The fraction of sp³-hybridized carbons (Fsp3) is 0.440. The van der Waals surface area contributed by atoms with E-state index in [9.17, 15) is 9.59 Å². The van der Waals surface area contributed by atoms with Gasteiger partial charge in [0.2, 0.25) is 5.91 Å². The summed E-state index contributed by atoms with van der Waals surface area (Å²) in [5, 5.41) is 3.82. The number of amides is 2. The lowest BCUT2D eigenvalue weighted by molar-refractivity contribution is -0.143. The van der Waals surface area contributed by atoms with Gasteiger partial charge in [-0.2, -0.15) is 0 Å². The number of nitrogens with zero attached hydrogens (tertiary/aromatic N) is 1. The molecule has 2 amide bonds. The molecular formula is C25H31BrCl2N2O3. The smallest absolute Gasteiger partial charge is 0.261 e. The molecular weight excluding hydrogens is 527 g/mol. The maximum absolute atomic E-state index is 13.3. The van der Waals surface area contributed by atoms with E-state index in [1.54, 1.807) is 18.2 Å². The van der Waals surface area contributed by atoms with Crippen molar-refractivity contribution in [1.82, 2.24) is 10.2 Å². The largest absolute Gasteiger partial charge is 0.484 e. The maximum atomic E-state index is 13.3. The maximum Gasteiger partial charge on any atom is 0.261 e. The van der Waals surface area contributed by atoms with Crippen LogP contribution in [0.25, 0.3) is 0 Å². The minimum Gasteiger partial charge on any atom is -0.484 e. The van der Waals surface area contributed by atoms with Crippen molar-refractivity contribution in [2.45, 2.75) is 53.6 Å². The molecule has 0 unspecified atom stereocenters. The molecule has 0 aromatic heterocycles. The number of nitrogens with one attached hydrogen (secondary N) is 1. The fourth-order valence-electron chi connectivity index (χ4n) is 3.41. The zero-order valence-corrected chi connectivity index (χ0v) is 22.8. The van der Waals surface area contributed by atoms with Crippen LogP contribution in [0.3, 0.4) is 0 Å². The highest BCUT2D eigenvalue weighted by Gasteiger charge is 2.30. The summed E-state index contributed by atoms with van der Waals surface area (Å²) in [7, 11) is 0. The first-order valence-electron chi connectivity index (χ1n) is 10.9. The molecule has 0 saturated carbocycles. The summed E-state index contributed by atoms with van der Waals surface area (Å²) in [6.45, 7) is 10.2. The van der Waals surface area contributed by atoms with Gasteiger partial charge in [0.1, 0.15) is 11.8 Å². The third kappa shape index (κ3) is 7.62. The number of aryl methyl sites for hydroxylation is 2. The van der Waals surface area contributed by atoms with Gasteiger partial charge in [-0.25, -0.2) is 0 Å². The molecule has 0 fully saturated rings. The van der Waals surface area contributed by atoms with Crippen molar-refractivity contribution in [3.05, 3.63) is 61.5 Å². The Morgan fingerprint density at radius 3 is 2.21 bits per heavy atom. The number of halogens is 3. The monoisotopic (exact) mass is 556 g/mol. The second-order valence-corrected chi connectivity index (χ2v) is 10.1. The Morgan fingerprint density at radius 1 is 1.12 bits per heavy atom. The Bertz CT molecular complexity index is 954. The number of carbonyl (C=O) groups excluding carboxylic acids is 2. The van der Waals surface area contributed by atoms with Gasteiger partial charge in [0.25, 0.3) is 5.91 Å². The van der Waals surface area contributed by atoms with Gasteiger partial charge in [-0.15, -0.1) is 0 Å². The lowest BCUT2D eigenvalue weighted by atomic mass is 10.1. The van der Waals surface area contributed by atoms with E-state index in [4.69, 9.17) is 27.9 Å². The number of rotatable bonds is 10. The highest BCUT2D eigenvalue weighted by Crippen LogP contribution is 2.28. The van der Waals surface area contributed by atoms with E-state index < -0.39 is 6.04 Å². The summed E-state index contributed by atoms with van der Waals surface area (Å²) in [6, 6.07) is 8.23. The number of carbonyl (C=O) groups is 2. The Morgan fingerprint density at radius 2 is 1.70 bits per heavy atom. The van der Waals surface area contributed by atoms with Gasteiger partial charge in [-0.1, -0.05) is 66.0 Å². The zero-order valence-electron chi connectivity index (χ0n) is 19.7. The molecule has 1 N–H and O–H groups in total. The van der Waals surface area contributed by atoms with Crippen LogP contribution in [-0.4, -0.2) is 35.9 Å². The molecule has 0 bridgehead atoms. The van der Waals surface area contributed by atoms with E-state index in [0.29, 0.717) is 40.2 Å². The average Bonchev–Trinajstić information content (AvgIpc) is 2.75. The standard InChI is InChI=1S/C25H31BrCl2N2O3/c1-6-22(25(32)29-12-15(2)3)30(13-19-20(27)8-7-9-21(19)28)23(31)14-33-18-10-16(4)24(26)17(5)11-18/h7-11,15,22H,6,12-14H2,1-5H3,(H,29,32)/t22-/m0/s1. The fourth-order valence-corrected chi connectivity index (χ4v) is 4.16. The van der Waals surface area contributed by atoms with Crippen LogP contribution in [0.4, 0.5) is 0 Å². The first-order valence-corrected chi connectivity index (χ1v) is 12.5. The second-order valence-electron chi connectivity index (χ2n) is 8.44. The number of benzene rings is 2.